The number of benzene rings is 6. The van der Waals surface area contributed by atoms with Crippen LogP contribution in [0, 0.1) is 25.7 Å². The molecule has 0 unspecified atom stereocenters. The third-order valence-electron chi connectivity index (χ3n) is 7.64. The Morgan fingerprint density at radius 2 is 0.635 bits per heavy atom. The van der Waals surface area contributed by atoms with Crippen LogP contribution in [0.2, 0.25) is 0 Å². The van der Waals surface area contributed by atoms with Crippen molar-refractivity contribution in [1.82, 2.24) is 0 Å². The minimum Gasteiger partial charge on any atom is -0.780 e. The monoisotopic (exact) mass is 969 g/mol. The second kappa shape index (κ2) is 25.1. The summed E-state index contributed by atoms with van der Waals surface area (Å²) in [5, 5.41) is 8.69. The topological polar surface area (TPSA) is 0 Å². The molecule has 2 aliphatic carbocycles. The molecular weight excluding hydrogens is 930 g/mol. The summed E-state index contributed by atoms with van der Waals surface area (Å²) in [7, 11) is -1.67. The molecule has 0 heterocycles. The molecule has 6 aromatic carbocycles. The summed E-state index contributed by atoms with van der Waals surface area (Å²) in [6, 6.07) is 62.6. The van der Waals surface area contributed by atoms with Gasteiger partial charge in [0, 0.05) is 17.1 Å². The summed E-state index contributed by atoms with van der Waals surface area (Å²) in [4.78, 5) is 1.81. The zero-order valence-corrected chi connectivity index (χ0v) is 35.4. The van der Waals surface area contributed by atoms with Gasteiger partial charge in [-0.05, 0) is 26.5 Å². The molecule has 0 aromatic heterocycles. The van der Waals surface area contributed by atoms with Gasteiger partial charge >= 0.3 is 21.1 Å². The third kappa shape index (κ3) is 14.5. The Bertz CT molecular complexity index is 1840. The number of rotatable bonds is 4. The van der Waals surface area contributed by atoms with E-state index < -0.39 is 15.1 Å². The van der Waals surface area contributed by atoms with Gasteiger partial charge in [-0.25, -0.2) is 0 Å². The van der Waals surface area contributed by atoms with Crippen molar-refractivity contribution in [3.05, 3.63) is 232 Å². The minimum atomic E-state index is -0.834. The fourth-order valence-corrected chi connectivity index (χ4v) is 10.8. The molecule has 268 valence electrons. The van der Waals surface area contributed by atoms with Crippen molar-refractivity contribution in [2.24, 2.45) is 0 Å². The second-order valence-electron chi connectivity index (χ2n) is 11.2. The van der Waals surface area contributed by atoms with E-state index >= 15 is 0 Å². The number of hydrogen-bond acceptors (Lipinski definition) is 2. The van der Waals surface area contributed by atoms with E-state index in [0.717, 1.165) is 9.79 Å². The molecule has 1 saturated carbocycles. The molecule has 0 aliphatic heterocycles. The Morgan fingerprint density at radius 1 is 0.365 bits per heavy atom. The van der Waals surface area contributed by atoms with Crippen molar-refractivity contribution < 1.29 is 38.1 Å². The minimum absolute atomic E-state index is 0. The van der Waals surface area contributed by atoms with Crippen LogP contribution in [0.4, 0.5) is 0 Å². The molecule has 2 aliphatic rings. The molecule has 0 bridgehead atoms. The van der Waals surface area contributed by atoms with E-state index in [1.165, 1.54) is 31.8 Å². The van der Waals surface area contributed by atoms with Crippen molar-refractivity contribution in [3.8, 4) is 0 Å². The maximum atomic E-state index is 4.81. The largest absolute Gasteiger partial charge is 2.00 e. The first kappa shape index (κ1) is 43.5. The fourth-order valence-electron chi connectivity index (χ4n) is 5.34. The van der Waals surface area contributed by atoms with E-state index in [1.54, 1.807) is 0 Å². The predicted molar refractivity (Wildman–Crippen MR) is 231 cm³/mol. The van der Waals surface area contributed by atoms with Gasteiger partial charge in [0.2, 0.25) is 0 Å². The van der Waals surface area contributed by atoms with Crippen LogP contribution in [0.3, 0.4) is 0 Å². The van der Waals surface area contributed by atoms with Gasteiger partial charge < -0.3 is 56.2 Å². The first-order valence-electron chi connectivity index (χ1n) is 16.5. The van der Waals surface area contributed by atoms with E-state index in [2.05, 4.69) is 171 Å². The van der Waals surface area contributed by atoms with Crippen LogP contribution in [-0.4, -0.2) is 10.6 Å². The van der Waals surface area contributed by atoms with Gasteiger partial charge in [-0.2, -0.15) is 9.79 Å². The van der Waals surface area contributed by atoms with E-state index in [0.29, 0.717) is 0 Å². The maximum Gasteiger partial charge on any atom is 2.00 e. The van der Waals surface area contributed by atoms with E-state index in [9.17, 15) is 0 Å². The van der Waals surface area contributed by atoms with E-state index in [-0.39, 0.29) is 38.1 Å². The Hall–Kier alpha value is -2.95. The maximum absolute atomic E-state index is 4.81. The van der Waals surface area contributed by atoms with Crippen LogP contribution in [0.25, 0.3) is 0 Å². The third-order valence-corrected chi connectivity index (χ3v) is 13.6. The SMILES string of the molecule is C1=CC(=[PH](c2ccccc2)c2ccccc2)C=C1.[Fe].[Pt+2].[S-]c1ccccc1.[S-]c1ccccc1.c1ccc([PH](=C2[CH-][CH-][CH-][CH-]2)c2ccccc2)cc1. The molecule has 0 saturated heterocycles. The van der Waals surface area contributed by atoms with Crippen LogP contribution < -0.4 is 21.2 Å². The first-order chi connectivity index (χ1) is 24.7. The second-order valence-corrected chi connectivity index (χ2v) is 17.1. The van der Waals surface area contributed by atoms with Crippen molar-refractivity contribution in [1.29, 1.82) is 0 Å². The van der Waals surface area contributed by atoms with Crippen LogP contribution in [-0.2, 0) is 63.4 Å². The predicted octanol–water partition coefficient (Wildman–Crippen LogP) is 9.18. The Balaban J connectivity index is 0.000000201. The average molecular weight is 970 g/mol. The molecule has 0 atom stereocenters. The van der Waals surface area contributed by atoms with Crippen LogP contribution in [0.1, 0.15) is 0 Å². The molecule has 0 N–H and O–H groups in total. The van der Waals surface area contributed by atoms with Crippen molar-refractivity contribution in [2.45, 2.75) is 9.79 Å². The van der Waals surface area contributed by atoms with Crippen LogP contribution >= 0.6 is 15.1 Å². The van der Waals surface area contributed by atoms with Gasteiger partial charge in [0.25, 0.3) is 0 Å². The van der Waals surface area contributed by atoms with Gasteiger partial charge in [-0.1, -0.05) is 214 Å². The Morgan fingerprint density at radius 3 is 0.904 bits per heavy atom. The van der Waals surface area contributed by atoms with E-state index in [4.69, 9.17) is 25.3 Å². The molecule has 6 heteroatoms. The number of allylic oxidation sites excluding steroid dienone is 4. The molecule has 0 radical (unpaired) electrons. The van der Waals surface area contributed by atoms with Crippen LogP contribution in [0.15, 0.2) is 216 Å². The molecule has 52 heavy (non-hydrogen) atoms. The summed E-state index contributed by atoms with van der Waals surface area (Å²) in [5.74, 6) is 0. The summed E-state index contributed by atoms with van der Waals surface area (Å²) in [5.41, 5.74) is 0. The normalized spacial score (nSPS) is 12.3. The van der Waals surface area contributed by atoms with Crippen molar-refractivity contribution >= 4 is 72.2 Å². The number of hydrogen-bond donors (Lipinski definition) is 0. The van der Waals surface area contributed by atoms with Gasteiger partial charge in [-0.15, -0.1) is 7.55 Å². The molecule has 0 amide bonds. The van der Waals surface area contributed by atoms with Crippen LogP contribution in [0.5, 0.6) is 0 Å². The van der Waals surface area contributed by atoms with Crippen molar-refractivity contribution in [3.63, 3.8) is 0 Å². The first-order valence-corrected chi connectivity index (χ1v) is 20.3. The summed E-state index contributed by atoms with van der Waals surface area (Å²) < 4.78 is 0. The smallest absolute Gasteiger partial charge is 0.780 e. The van der Waals surface area contributed by atoms with Crippen molar-refractivity contribution in [2.75, 3.05) is 0 Å². The fraction of sp³-hybridized carbons (Fsp3) is 0. The standard InChI is InChI=1S/2C17H15P.2C6H6S.Fe.Pt/c2*1-3-9-15(10-4-1)18(17-13-7-8-14-17)16-11-5-2-6-12-16;2*7-6-4-2-1-3-5-6;;/h2*1-14,18H;2*1-5,7H;;/q;-4;;;;+2/p-2. The van der Waals surface area contributed by atoms with Gasteiger partial charge in [0.15, 0.2) is 0 Å². The zero-order chi connectivity index (χ0) is 34.6. The summed E-state index contributed by atoms with van der Waals surface area (Å²) in [6.07, 6.45) is 17.5. The molecule has 0 nitrogen and oxygen atoms in total. The molecule has 1 fully saturated rings. The average Bonchev–Trinajstić information content (AvgIpc) is 3.91. The molecular formula is C46H40FeP2PtS2-4. The van der Waals surface area contributed by atoms with Gasteiger partial charge in [0.05, 0.1) is 0 Å². The zero-order valence-electron chi connectivity index (χ0n) is 28.4. The Kier molecular flexibility index (Phi) is 21.0. The van der Waals surface area contributed by atoms with Gasteiger partial charge in [0.1, 0.15) is 0 Å². The quantitative estimate of drug-likeness (QED) is 0.0749. The summed E-state index contributed by atoms with van der Waals surface area (Å²) >= 11 is 9.62. The Labute approximate surface area is 349 Å². The van der Waals surface area contributed by atoms with E-state index in [1.807, 2.05) is 60.7 Å². The molecule has 6 aromatic rings. The van der Waals surface area contributed by atoms with Gasteiger partial charge in [-0.3, -0.25) is 0 Å². The molecule has 8 rings (SSSR count). The summed E-state index contributed by atoms with van der Waals surface area (Å²) in [6.45, 7) is 0. The molecule has 0 spiro atoms.